The largest absolute Gasteiger partial charge is 0.416 e. The highest BCUT2D eigenvalue weighted by atomic mass is 35.5. The van der Waals surface area contributed by atoms with E-state index in [9.17, 15) is 26.4 Å². The maximum atomic E-state index is 13.3. The third kappa shape index (κ3) is 6.50. The van der Waals surface area contributed by atoms with Gasteiger partial charge in [-0.3, -0.25) is 4.79 Å². The fourth-order valence-corrected chi connectivity index (χ4v) is 4.83. The Balaban J connectivity index is 1.91. The number of hydrogen-bond acceptors (Lipinski definition) is 3. The molecule has 0 heterocycles. The number of aryl methyl sites for hydroxylation is 1. The second-order valence-electron chi connectivity index (χ2n) is 7.46. The van der Waals surface area contributed by atoms with Crippen LogP contribution in [-0.2, 0) is 27.5 Å². The second kappa shape index (κ2) is 10.4. The maximum absolute atomic E-state index is 13.3. The van der Waals surface area contributed by atoms with Gasteiger partial charge >= 0.3 is 6.18 Å². The Morgan fingerprint density at radius 3 is 2.29 bits per heavy atom. The minimum Gasteiger partial charge on any atom is -0.324 e. The summed E-state index contributed by atoms with van der Waals surface area (Å²) in [6, 6.07) is 15.0. The summed E-state index contributed by atoms with van der Waals surface area (Å²) in [5.41, 5.74) is 0.0811. The number of carbonyl (C=O) groups is 1. The third-order valence-electron chi connectivity index (χ3n) is 4.79. The monoisotopic (exact) mass is 530 g/mol. The quantitative estimate of drug-likeness (QED) is 0.398. The van der Waals surface area contributed by atoms with Crippen LogP contribution in [0.3, 0.4) is 0 Å². The van der Waals surface area contributed by atoms with Crippen molar-refractivity contribution >= 4 is 44.8 Å². The molecule has 5 nitrogen and oxygen atoms in total. The molecule has 0 saturated carbocycles. The van der Waals surface area contributed by atoms with Crippen LogP contribution >= 0.6 is 23.2 Å². The summed E-state index contributed by atoms with van der Waals surface area (Å²) >= 11 is 12.0. The number of amides is 1. The Morgan fingerprint density at radius 2 is 1.68 bits per heavy atom. The first-order valence-corrected chi connectivity index (χ1v) is 12.0. The topological polar surface area (TPSA) is 66.5 Å². The molecule has 0 saturated heterocycles. The molecule has 180 valence electrons. The number of alkyl halides is 3. The van der Waals surface area contributed by atoms with Gasteiger partial charge in [-0.15, -0.1) is 0 Å². The van der Waals surface area contributed by atoms with Crippen LogP contribution in [0.25, 0.3) is 0 Å². The first-order valence-electron chi connectivity index (χ1n) is 9.84. The molecule has 34 heavy (non-hydrogen) atoms. The number of carbonyl (C=O) groups excluding carboxylic acids is 1. The van der Waals surface area contributed by atoms with E-state index in [4.69, 9.17) is 23.2 Å². The normalized spacial score (nSPS) is 12.1. The molecular formula is C23H19Cl2F3N2O3S. The van der Waals surface area contributed by atoms with E-state index < -0.39 is 34.2 Å². The highest BCUT2D eigenvalue weighted by Gasteiger charge is 2.32. The average molecular weight is 531 g/mol. The number of benzene rings is 3. The molecule has 0 spiro atoms. The predicted molar refractivity (Wildman–Crippen MR) is 125 cm³/mol. The van der Waals surface area contributed by atoms with Crippen molar-refractivity contribution in [3.63, 3.8) is 0 Å². The lowest BCUT2D eigenvalue weighted by Gasteiger charge is -2.22. The summed E-state index contributed by atoms with van der Waals surface area (Å²) in [6.07, 6.45) is -4.64. The molecule has 3 aromatic carbocycles. The Labute approximate surface area is 205 Å². The Bertz CT molecular complexity index is 1300. The molecule has 0 aliphatic carbocycles. The lowest BCUT2D eigenvalue weighted by atomic mass is 10.2. The summed E-state index contributed by atoms with van der Waals surface area (Å²) in [5.74, 6) is -0.862. The van der Waals surface area contributed by atoms with Crippen molar-refractivity contribution in [1.29, 1.82) is 0 Å². The number of halogens is 5. The summed E-state index contributed by atoms with van der Waals surface area (Å²) in [7, 11) is -4.14. The zero-order valence-corrected chi connectivity index (χ0v) is 20.1. The van der Waals surface area contributed by atoms with Crippen molar-refractivity contribution in [2.24, 2.45) is 0 Å². The molecular weight excluding hydrogens is 512 g/mol. The summed E-state index contributed by atoms with van der Waals surface area (Å²) in [4.78, 5) is 12.7. The minimum absolute atomic E-state index is 0.0370. The van der Waals surface area contributed by atoms with Crippen molar-refractivity contribution in [2.75, 3.05) is 11.9 Å². The molecule has 0 aliphatic heterocycles. The van der Waals surface area contributed by atoms with E-state index in [-0.39, 0.29) is 22.2 Å². The van der Waals surface area contributed by atoms with Gasteiger partial charge in [0.2, 0.25) is 15.9 Å². The lowest BCUT2D eigenvalue weighted by Crippen LogP contribution is -2.37. The van der Waals surface area contributed by atoms with E-state index in [2.05, 4.69) is 5.32 Å². The molecule has 0 fully saturated rings. The van der Waals surface area contributed by atoms with Gasteiger partial charge in [0, 0.05) is 11.6 Å². The lowest BCUT2D eigenvalue weighted by molar-refractivity contribution is -0.137. The molecule has 3 aromatic rings. The van der Waals surface area contributed by atoms with Crippen LogP contribution in [0, 0.1) is 6.92 Å². The smallest absolute Gasteiger partial charge is 0.324 e. The minimum atomic E-state index is -4.64. The SMILES string of the molecule is Cc1ccc(S(=O)(=O)N(CC(=O)Nc2cc(C(F)(F)F)ccc2Cl)Cc2cccc(Cl)c2)cc1. The van der Waals surface area contributed by atoms with Gasteiger partial charge in [0.05, 0.1) is 27.7 Å². The summed E-state index contributed by atoms with van der Waals surface area (Å²) < 4.78 is 66.7. The fourth-order valence-electron chi connectivity index (χ4n) is 3.07. The fraction of sp³-hybridized carbons (Fsp3) is 0.174. The molecule has 0 unspecified atom stereocenters. The van der Waals surface area contributed by atoms with E-state index >= 15 is 0 Å². The van der Waals surface area contributed by atoms with E-state index in [0.29, 0.717) is 16.7 Å². The molecule has 0 bridgehead atoms. The number of nitrogens with one attached hydrogen (secondary N) is 1. The van der Waals surface area contributed by atoms with Crippen molar-refractivity contribution in [2.45, 2.75) is 24.5 Å². The summed E-state index contributed by atoms with van der Waals surface area (Å²) in [5, 5.41) is 2.54. The van der Waals surface area contributed by atoms with Gasteiger partial charge in [-0.2, -0.15) is 17.5 Å². The number of sulfonamides is 1. The Hall–Kier alpha value is -2.59. The first-order chi connectivity index (χ1) is 15.9. The van der Waals surface area contributed by atoms with Crippen LogP contribution in [0.1, 0.15) is 16.7 Å². The van der Waals surface area contributed by atoms with Crippen molar-refractivity contribution < 1.29 is 26.4 Å². The zero-order valence-electron chi connectivity index (χ0n) is 17.7. The van der Waals surface area contributed by atoms with Crippen LogP contribution in [0.5, 0.6) is 0 Å². The number of anilines is 1. The van der Waals surface area contributed by atoms with E-state index in [1.807, 2.05) is 0 Å². The van der Waals surface area contributed by atoms with Gasteiger partial charge in [0.1, 0.15) is 0 Å². The van der Waals surface area contributed by atoms with E-state index in [1.54, 1.807) is 43.3 Å². The van der Waals surface area contributed by atoms with Crippen LogP contribution in [0.2, 0.25) is 10.0 Å². The van der Waals surface area contributed by atoms with Crippen molar-refractivity contribution in [3.05, 3.63) is 93.5 Å². The molecule has 0 aliphatic rings. The van der Waals surface area contributed by atoms with Gasteiger partial charge in [0.15, 0.2) is 0 Å². The van der Waals surface area contributed by atoms with Crippen molar-refractivity contribution in [1.82, 2.24) is 4.31 Å². The third-order valence-corrected chi connectivity index (χ3v) is 7.17. The Morgan fingerprint density at radius 1 is 1.00 bits per heavy atom. The van der Waals surface area contributed by atoms with Gasteiger partial charge in [-0.05, 0) is 55.0 Å². The molecule has 0 radical (unpaired) electrons. The molecule has 0 aromatic heterocycles. The first kappa shape index (κ1) is 26.0. The van der Waals surface area contributed by atoms with Crippen LogP contribution < -0.4 is 5.32 Å². The number of rotatable bonds is 7. The molecule has 11 heteroatoms. The zero-order chi connectivity index (χ0) is 25.1. The second-order valence-corrected chi connectivity index (χ2v) is 10.2. The van der Waals surface area contributed by atoms with E-state index in [1.165, 1.54) is 12.1 Å². The van der Waals surface area contributed by atoms with E-state index in [0.717, 1.165) is 22.0 Å². The van der Waals surface area contributed by atoms with Crippen molar-refractivity contribution in [3.8, 4) is 0 Å². The molecule has 1 N–H and O–H groups in total. The predicted octanol–water partition coefficient (Wildman–Crippen LogP) is 6.15. The number of hydrogen-bond donors (Lipinski definition) is 1. The molecule has 1 amide bonds. The summed E-state index contributed by atoms with van der Waals surface area (Å²) in [6.45, 7) is 0.933. The highest BCUT2D eigenvalue weighted by Crippen LogP contribution is 2.34. The van der Waals surface area contributed by atoms with Crippen LogP contribution in [-0.4, -0.2) is 25.2 Å². The van der Waals surface area contributed by atoms with Gasteiger partial charge < -0.3 is 5.32 Å². The Kier molecular flexibility index (Phi) is 7.92. The number of nitrogens with zero attached hydrogens (tertiary/aromatic N) is 1. The van der Waals surface area contributed by atoms with Gasteiger partial charge in [-0.25, -0.2) is 8.42 Å². The molecule has 3 rings (SSSR count). The van der Waals surface area contributed by atoms with Crippen LogP contribution in [0.4, 0.5) is 18.9 Å². The maximum Gasteiger partial charge on any atom is 0.416 e. The average Bonchev–Trinajstić information content (AvgIpc) is 2.74. The van der Waals surface area contributed by atoms with Crippen LogP contribution in [0.15, 0.2) is 71.6 Å². The van der Waals surface area contributed by atoms with Gasteiger partial charge in [0.25, 0.3) is 0 Å². The molecule has 0 atom stereocenters. The standard InChI is InChI=1S/C23H19Cl2F3N2O3S/c1-15-5-8-19(9-6-15)34(32,33)30(13-16-3-2-4-18(24)11-16)14-22(31)29-21-12-17(23(26,27)28)7-10-20(21)25/h2-12H,13-14H2,1H3,(H,29,31). The van der Waals surface area contributed by atoms with Gasteiger partial charge in [-0.1, -0.05) is 53.0 Å². The highest BCUT2D eigenvalue weighted by molar-refractivity contribution is 7.89.